The number of nitrogens with zero attached hydrogens (tertiary/aromatic N) is 1. The van der Waals surface area contributed by atoms with Gasteiger partial charge >= 0.3 is 5.97 Å². The lowest BCUT2D eigenvalue weighted by molar-refractivity contribution is -0.115. The fourth-order valence-corrected chi connectivity index (χ4v) is 4.81. The van der Waals surface area contributed by atoms with Crippen molar-refractivity contribution in [1.82, 2.24) is 0 Å². The Morgan fingerprint density at radius 3 is 2.76 bits per heavy atom. The largest absolute Gasteiger partial charge is 0.459 e. The molecule has 1 amide bonds. The van der Waals surface area contributed by atoms with E-state index in [0.29, 0.717) is 17.9 Å². The highest BCUT2D eigenvalue weighted by atomic mass is 32.2. The Labute approximate surface area is 173 Å². The van der Waals surface area contributed by atoms with E-state index in [9.17, 15) is 14.0 Å². The third-order valence-corrected chi connectivity index (χ3v) is 6.35. The average Bonchev–Trinajstić information content (AvgIpc) is 3.37. The highest BCUT2D eigenvalue weighted by molar-refractivity contribution is 8.00. The molecule has 152 valence electrons. The van der Waals surface area contributed by atoms with Gasteiger partial charge in [-0.1, -0.05) is 12.1 Å². The third-order valence-electron chi connectivity index (χ3n) is 5.14. The molecule has 2 aliphatic heterocycles. The number of aryl methyl sites for hydroxylation is 1. The number of hydrogen-bond acceptors (Lipinski definition) is 5. The van der Waals surface area contributed by atoms with Gasteiger partial charge in [-0.2, -0.15) is 0 Å². The summed E-state index contributed by atoms with van der Waals surface area (Å²) in [6, 6.07) is 11.4. The first kappa shape index (κ1) is 19.9. The van der Waals surface area contributed by atoms with Crippen LogP contribution in [0.25, 0.3) is 0 Å². The summed E-state index contributed by atoms with van der Waals surface area (Å²) in [7, 11) is 0. The quantitative estimate of drug-likeness (QED) is 0.684. The molecule has 0 N–H and O–H groups in total. The van der Waals surface area contributed by atoms with Crippen molar-refractivity contribution in [3.63, 3.8) is 0 Å². The van der Waals surface area contributed by atoms with Crippen LogP contribution in [0.1, 0.15) is 39.7 Å². The van der Waals surface area contributed by atoms with Crippen molar-refractivity contribution in [3.05, 3.63) is 65.0 Å². The van der Waals surface area contributed by atoms with Crippen molar-refractivity contribution in [2.75, 3.05) is 23.9 Å². The number of thioether (sulfide) groups is 1. The van der Waals surface area contributed by atoms with Gasteiger partial charge in [0.2, 0.25) is 5.91 Å². The molecule has 7 heteroatoms. The summed E-state index contributed by atoms with van der Waals surface area (Å²) in [6.45, 7) is 2.84. The van der Waals surface area contributed by atoms with Gasteiger partial charge in [-0.25, -0.2) is 9.18 Å². The minimum Gasteiger partial charge on any atom is -0.459 e. The first-order valence-corrected chi connectivity index (χ1v) is 10.7. The van der Waals surface area contributed by atoms with Crippen LogP contribution in [0, 0.1) is 12.7 Å². The van der Waals surface area contributed by atoms with E-state index >= 15 is 0 Å². The molecule has 0 saturated carbocycles. The zero-order valence-electron chi connectivity index (χ0n) is 16.1. The summed E-state index contributed by atoms with van der Waals surface area (Å²) in [5.41, 5.74) is 2.85. The maximum Gasteiger partial charge on any atom is 0.338 e. The van der Waals surface area contributed by atoms with Crippen molar-refractivity contribution in [1.29, 1.82) is 0 Å². The molecule has 2 atom stereocenters. The number of anilines is 1. The fourth-order valence-electron chi connectivity index (χ4n) is 3.64. The van der Waals surface area contributed by atoms with Crippen LogP contribution in [0.4, 0.5) is 10.1 Å². The van der Waals surface area contributed by atoms with E-state index in [4.69, 9.17) is 9.47 Å². The normalized spacial score (nSPS) is 21.6. The second-order valence-electron chi connectivity index (χ2n) is 7.21. The Morgan fingerprint density at radius 2 is 2.07 bits per heavy atom. The van der Waals surface area contributed by atoms with Crippen LogP contribution in [0.2, 0.25) is 0 Å². The molecule has 2 aromatic carbocycles. The van der Waals surface area contributed by atoms with Crippen LogP contribution >= 0.6 is 11.8 Å². The van der Waals surface area contributed by atoms with E-state index in [1.54, 1.807) is 35.2 Å². The molecule has 0 radical (unpaired) electrons. The number of carbonyl (C=O) groups is 2. The van der Waals surface area contributed by atoms with Crippen LogP contribution in [0.5, 0.6) is 0 Å². The number of benzene rings is 2. The summed E-state index contributed by atoms with van der Waals surface area (Å²) in [5, 5.41) is -0.223. The number of hydrogen-bond donors (Lipinski definition) is 0. The number of halogens is 1. The fraction of sp³-hybridized carbons (Fsp3) is 0.364. The van der Waals surface area contributed by atoms with E-state index in [1.165, 1.54) is 23.9 Å². The van der Waals surface area contributed by atoms with Crippen LogP contribution in [-0.4, -0.2) is 36.9 Å². The SMILES string of the molecule is Cc1cc(C(=O)OCC2CCCO2)ccc1N1C(=O)CSC1c1ccc(F)cc1. The Bertz CT molecular complexity index is 912. The van der Waals surface area contributed by atoms with Crippen molar-refractivity contribution in [3.8, 4) is 0 Å². The van der Waals surface area contributed by atoms with E-state index in [1.807, 2.05) is 6.92 Å². The molecule has 0 aromatic heterocycles. The second kappa shape index (κ2) is 8.55. The molecule has 2 fully saturated rings. The maximum atomic E-state index is 13.3. The summed E-state index contributed by atoms with van der Waals surface area (Å²) < 4.78 is 24.1. The summed E-state index contributed by atoms with van der Waals surface area (Å²) >= 11 is 1.50. The van der Waals surface area contributed by atoms with Crippen molar-refractivity contribution < 1.29 is 23.5 Å². The number of amides is 1. The minimum absolute atomic E-state index is 0.0128. The molecule has 5 nitrogen and oxygen atoms in total. The zero-order chi connectivity index (χ0) is 20.4. The number of rotatable bonds is 5. The smallest absolute Gasteiger partial charge is 0.338 e. The monoisotopic (exact) mass is 415 g/mol. The second-order valence-corrected chi connectivity index (χ2v) is 8.28. The van der Waals surface area contributed by atoms with Gasteiger partial charge in [0.15, 0.2) is 0 Å². The molecule has 29 heavy (non-hydrogen) atoms. The predicted molar refractivity (Wildman–Crippen MR) is 110 cm³/mol. The standard InChI is InChI=1S/C22H22FNO4S/c1-14-11-16(22(26)28-12-18-3-2-10-27-18)6-9-19(14)24-20(25)13-29-21(24)15-4-7-17(23)8-5-15/h4-9,11,18,21H,2-3,10,12-13H2,1H3. The van der Waals surface area contributed by atoms with Gasteiger partial charge in [0.25, 0.3) is 0 Å². The Hall–Kier alpha value is -2.38. The van der Waals surface area contributed by atoms with Gasteiger partial charge in [-0.15, -0.1) is 11.8 Å². The average molecular weight is 415 g/mol. The van der Waals surface area contributed by atoms with Crippen LogP contribution in [0.3, 0.4) is 0 Å². The molecule has 0 bridgehead atoms. The highest BCUT2D eigenvalue weighted by Gasteiger charge is 2.35. The first-order valence-electron chi connectivity index (χ1n) is 9.61. The topological polar surface area (TPSA) is 55.8 Å². The lowest BCUT2D eigenvalue weighted by Gasteiger charge is -2.26. The van der Waals surface area contributed by atoms with Crippen molar-refractivity contribution in [2.24, 2.45) is 0 Å². The molecule has 2 aromatic rings. The Kier molecular flexibility index (Phi) is 5.87. The maximum absolute atomic E-state index is 13.3. The molecular formula is C22H22FNO4S. The number of esters is 1. The van der Waals surface area contributed by atoms with Crippen molar-refractivity contribution in [2.45, 2.75) is 31.2 Å². The van der Waals surface area contributed by atoms with Crippen molar-refractivity contribution >= 4 is 29.3 Å². The van der Waals surface area contributed by atoms with E-state index in [-0.39, 0.29) is 29.8 Å². The van der Waals surface area contributed by atoms with E-state index in [0.717, 1.165) is 29.7 Å². The molecule has 2 heterocycles. The molecule has 2 aliphatic rings. The van der Waals surface area contributed by atoms with Gasteiger partial charge in [0.1, 0.15) is 17.8 Å². The van der Waals surface area contributed by atoms with Crippen LogP contribution in [0.15, 0.2) is 42.5 Å². The summed E-state index contributed by atoms with van der Waals surface area (Å²) in [6.07, 6.45) is 1.88. The summed E-state index contributed by atoms with van der Waals surface area (Å²) in [4.78, 5) is 26.7. The van der Waals surface area contributed by atoms with Gasteiger partial charge in [-0.3, -0.25) is 9.69 Å². The molecule has 4 rings (SSSR count). The number of carbonyl (C=O) groups excluding carboxylic acids is 2. The molecule has 0 aliphatic carbocycles. The lowest BCUT2D eigenvalue weighted by atomic mass is 10.1. The molecule has 2 saturated heterocycles. The highest BCUT2D eigenvalue weighted by Crippen LogP contribution is 2.42. The Morgan fingerprint density at radius 1 is 1.28 bits per heavy atom. The van der Waals surface area contributed by atoms with Gasteiger partial charge in [0, 0.05) is 12.3 Å². The van der Waals surface area contributed by atoms with Crippen LogP contribution in [-0.2, 0) is 14.3 Å². The predicted octanol–water partition coefficient (Wildman–Crippen LogP) is 4.25. The zero-order valence-corrected chi connectivity index (χ0v) is 16.9. The van der Waals surface area contributed by atoms with E-state index < -0.39 is 5.97 Å². The third kappa shape index (κ3) is 4.31. The first-order chi connectivity index (χ1) is 14.0. The van der Waals surface area contributed by atoms with E-state index in [2.05, 4.69) is 0 Å². The number of ether oxygens (including phenoxy) is 2. The lowest BCUT2D eigenvalue weighted by Crippen LogP contribution is -2.28. The summed E-state index contributed by atoms with van der Waals surface area (Å²) in [5.74, 6) is -0.364. The molecular weight excluding hydrogens is 393 g/mol. The van der Waals surface area contributed by atoms with Gasteiger partial charge < -0.3 is 9.47 Å². The van der Waals surface area contributed by atoms with Crippen LogP contribution < -0.4 is 4.90 Å². The Balaban J connectivity index is 1.52. The molecule has 0 spiro atoms. The van der Waals surface area contributed by atoms with Gasteiger partial charge in [-0.05, 0) is 61.2 Å². The van der Waals surface area contributed by atoms with Gasteiger partial charge in [0.05, 0.1) is 17.4 Å². The molecule has 2 unspecified atom stereocenters. The minimum atomic E-state index is -0.396.